The molecule has 0 unspecified atom stereocenters. The van der Waals surface area contributed by atoms with Gasteiger partial charge in [0.15, 0.2) is 0 Å². The van der Waals surface area contributed by atoms with E-state index < -0.39 is 0 Å². The molecule has 5 nitrogen and oxygen atoms in total. The lowest BCUT2D eigenvalue weighted by molar-refractivity contribution is 0.102. The number of imidazole rings is 1. The Bertz CT molecular complexity index is 739. The molecule has 0 aliphatic rings. The first-order valence-electron chi connectivity index (χ1n) is 5.58. The van der Waals surface area contributed by atoms with Crippen LogP contribution in [0.3, 0.4) is 0 Å². The second kappa shape index (κ2) is 4.49. The van der Waals surface area contributed by atoms with Crippen molar-refractivity contribution in [3.05, 3.63) is 60.6 Å². The third-order valence-electron chi connectivity index (χ3n) is 2.57. The van der Waals surface area contributed by atoms with Crippen LogP contribution < -0.4 is 5.32 Å². The Morgan fingerprint density at radius 2 is 2.16 bits per heavy atom. The van der Waals surface area contributed by atoms with Crippen LogP contribution in [0.25, 0.3) is 5.65 Å². The van der Waals surface area contributed by atoms with Crippen molar-refractivity contribution in [2.24, 2.45) is 0 Å². The standard InChI is InChI=1S/C13H9FN4O/c14-9-3-4-12-17-11(8-18(12)7-9)13(19)16-10-2-1-5-15-6-10/h1-8H,(H,16,19). The average Bonchev–Trinajstić information content (AvgIpc) is 2.83. The number of hydrogen-bond acceptors (Lipinski definition) is 3. The lowest BCUT2D eigenvalue weighted by Crippen LogP contribution is -2.12. The monoisotopic (exact) mass is 256 g/mol. The predicted octanol–water partition coefficient (Wildman–Crippen LogP) is 2.12. The number of halogens is 1. The smallest absolute Gasteiger partial charge is 0.275 e. The van der Waals surface area contributed by atoms with E-state index in [9.17, 15) is 9.18 Å². The number of amides is 1. The highest BCUT2D eigenvalue weighted by Crippen LogP contribution is 2.09. The van der Waals surface area contributed by atoms with Crippen LogP contribution in [0.5, 0.6) is 0 Å². The molecular weight excluding hydrogens is 247 g/mol. The van der Waals surface area contributed by atoms with Gasteiger partial charge in [-0.25, -0.2) is 9.37 Å². The second-order valence-electron chi connectivity index (χ2n) is 3.93. The number of carbonyl (C=O) groups is 1. The van der Waals surface area contributed by atoms with E-state index in [0.29, 0.717) is 11.3 Å². The van der Waals surface area contributed by atoms with Crippen LogP contribution in [-0.2, 0) is 0 Å². The lowest BCUT2D eigenvalue weighted by Gasteiger charge is -2.00. The zero-order chi connectivity index (χ0) is 13.2. The predicted molar refractivity (Wildman–Crippen MR) is 67.3 cm³/mol. The van der Waals surface area contributed by atoms with Gasteiger partial charge in [-0.3, -0.25) is 9.78 Å². The van der Waals surface area contributed by atoms with Gasteiger partial charge in [0, 0.05) is 18.6 Å². The first kappa shape index (κ1) is 11.3. The molecule has 0 fully saturated rings. The molecule has 3 rings (SSSR count). The molecular formula is C13H9FN4O. The van der Waals surface area contributed by atoms with Gasteiger partial charge in [0.2, 0.25) is 0 Å². The molecule has 0 aliphatic carbocycles. The van der Waals surface area contributed by atoms with Gasteiger partial charge in [0.1, 0.15) is 17.2 Å². The van der Waals surface area contributed by atoms with E-state index >= 15 is 0 Å². The summed E-state index contributed by atoms with van der Waals surface area (Å²) in [6, 6.07) is 6.25. The molecule has 3 aromatic heterocycles. The van der Waals surface area contributed by atoms with E-state index in [1.807, 2.05) is 0 Å². The van der Waals surface area contributed by atoms with Crippen molar-refractivity contribution in [2.45, 2.75) is 0 Å². The Kier molecular flexibility index (Phi) is 2.68. The summed E-state index contributed by atoms with van der Waals surface area (Å²) in [5, 5.41) is 2.66. The molecule has 3 aromatic rings. The highest BCUT2D eigenvalue weighted by molar-refractivity contribution is 6.03. The zero-order valence-corrected chi connectivity index (χ0v) is 9.75. The highest BCUT2D eigenvalue weighted by atomic mass is 19.1. The number of carbonyl (C=O) groups excluding carboxylic acids is 1. The molecule has 0 atom stereocenters. The van der Waals surface area contributed by atoms with Crippen LogP contribution in [0.15, 0.2) is 49.1 Å². The van der Waals surface area contributed by atoms with Gasteiger partial charge >= 0.3 is 0 Å². The van der Waals surface area contributed by atoms with Crippen molar-refractivity contribution < 1.29 is 9.18 Å². The molecule has 19 heavy (non-hydrogen) atoms. The van der Waals surface area contributed by atoms with Crippen LogP contribution >= 0.6 is 0 Å². The quantitative estimate of drug-likeness (QED) is 0.764. The summed E-state index contributed by atoms with van der Waals surface area (Å²) in [6.07, 6.45) is 5.89. The maximum absolute atomic E-state index is 13.0. The van der Waals surface area contributed by atoms with E-state index in [4.69, 9.17) is 0 Å². The fourth-order valence-electron chi connectivity index (χ4n) is 1.71. The van der Waals surface area contributed by atoms with E-state index in [1.54, 1.807) is 18.3 Å². The molecule has 3 heterocycles. The van der Waals surface area contributed by atoms with Crippen LogP contribution in [-0.4, -0.2) is 20.3 Å². The van der Waals surface area contributed by atoms with E-state index in [1.165, 1.54) is 35.1 Å². The normalized spacial score (nSPS) is 10.6. The van der Waals surface area contributed by atoms with Gasteiger partial charge in [-0.1, -0.05) is 0 Å². The Labute approximate surface area is 107 Å². The minimum absolute atomic E-state index is 0.217. The highest BCUT2D eigenvalue weighted by Gasteiger charge is 2.11. The molecule has 0 radical (unpaired) electrons. The molecule has 6 heteroatoms. The number of anilines is 1. The number of nitrogens with one attached hydrogen (secondary N) is 1. The number of rotatable bonds is 2. The molecule has 1 N–H and O–H groups in total. The fraction of sp³-hybridized carbons (Fsp3) is 0. The molecule has 0 saturated carbocycles. The first-order valence-corrected chi connectivity index (χ1v) is 5.58. The second-order valence-corrected chi connectivity index (χ2v) is 3.93. The van der Waals surface area contributed by atoms with Gasteiger partial charge in [0.25, 0.3) is 5.91 Å². The molecule has 0 bridgehead atoms. The largest absolute Gasteiger partial charge is 0.319 e. The van der Waals surface area contributed by atoms with Gasteiger partial charge in [0.05, 0.1) is 11.9 Å². The Balaban J connectivity index is 1.89. The number of pyridine rings is 2. The zero-order valence-electron chi connectivity index (χ0n) is 9.75. The van der Waals surface area contributed by atoms with Gasteiger partial charge in [-0.2, -0.15) is 0 Å². The maximum Gasteiger partial charge on any atom is 0.275 e. The Morgan fingerprint density at radius 3 is 2.95 bits per heavy atom. The van der Waals surface area contributed by atoms with Crippen molar-refractivity contribution in [1.29, 1.82) is 0 Å². The minimum Gasteiger partial charge on any atom is -0.319 e. The van der Waals surface area contributed by atoms with Crippen molar-refractivity contribution in [2.75, 3.05) is 5.32 Å². The van der Waals surface area contributed by atoms with Crippen molar-refractivity contribution >= 4 is 17.2 Å². The van der Waals surface area contributed by atoms with Gasteiger partial charge in [-0.05, 0) is 24.3 Å². The lowest BCUT2D eigenvalue weighted by atomic mass is 10.4. The summed E-state index contributed by atoms with van der Waals surface area (Å²) < 4.78 is 14.5. The number of aromatic nitrogens is 3. The third-order valence-corrected chi connectivity index (χ3v) is 2.57. The summed E-state index contributed by atoms with van der Waals surface area (Å²) in [6.45, 7) is 0. The van der Waals surface area contributed by atoms with Crippen LogP contribution in [0.1, 0.15) is 10.5 Å². The summed E-state index contributed by atoms with van der Waals surface area (Å²) in [5.74, 6) is -0.749. The van der Waals surface area contributed by atoms with Gasteiger partial charge in [-0.15, -0.1) is 0 Å². The van der Waals surface area contributed by atoms with Crippen LogP contribution in [0.2, 0.25) is 0 Å². The third kappa shape index (κ3) is 2.28. The fourth-order valence-corrected chi connectivity index (χ4v) is 1.71. The first-order chi connectivity index (χ1) is 9.22. The average molecular weight is 256 g/mol. The van der Waals surface area contributed by atoms with E-state index in [-0.39, 0.29) is 17.4 Å². The molecule has 0 spiro atoms. The van der Waals surface area contributed by atoms with Crippen LogP contribution in [0.4, 0.5) is 10.1 Å². The van der Waals surface area contributed by atoms with Crippen molar-refractivity contribution in [3.63, 3.8) is 0 Å². The maximum atomic E-state index is 13.0. The molecule has 1 amide bonds. The molecule has 0 aliphatic heterocycles. The van der Waals surface area contributed by atoms with Crippen molar-refractivity contribution in [3.8, 4) is 0 Å². The van der Waals surface area contributed by atoms with Crippen LogP contribution in [0, 0.1) is 5.82 Å². The van der Waals surface area contributed by atoms with Crippen molar-refractivity contribution in [1.82, 2.24) is 14.4 Å². The minimum atomic E-state index is -0.385. The Hall–Kier alpha value is -2.76. The summed E-state index contributed by atoms with van der Waals surface area (Å²) in [5.41, 5.74) is 1.31. The SMILES string of the molecule is O=C(Nc1cccnc1)c1cn2cc(F)ccc2n1. The Morgan fingerprint density at radius 1 is 1.26 bits per heavy atom. The molecule has 94 valence electrons. The number of hydrogen-bond donors (Lipinski definition) is 1. The number of fused-ring (bicyclic) bond motifs is 1. The molecule has 0 aromatic carbocycles. The van der Waals surface area contributed by atoms with E-state index in [2.05, 4.69) is 15.3 Å². The summed E-state index contributed by atoms with van der Waals surface area (Å²) >= 11 is 0. The summed E-state index contributed by atoms with van der Waals surface area (Å²) in [7, 11) is 0. The molecule has 0 saturated heterocycles. The topological polar surface area (TPSA) is 59.3 Å². The van der Waals surface area contributed by atoms with Gasteiger partial charge < -0.3 is 9.72 Å². The number of nitrogens with zero attached hydrogens (tertiary/aromatic N) is 3. The van der Waals surface area contributed by atoms with E-state index in [0.717, 1.165) is 0 Å². The summed E-state index contributed by atoms with van der Waals surface area (Å²) in [4.78, 5) is 20.0.